The van der Waals surface area contributed by atoms with E-state index in [0.29, 0.717) is 26.4 Å². The van der Waals surface area contributed by atoms with Gasteiger partial charge in [-0.3, -0.25) is 0 Å². The maximum atomic E-state index is 5.61. The third kappa shape index (κ3) is 2.60. The number of nitrogens with zero attached hydrogens (tertiary/aromatic N) is 1. The van der Waals surface area contributed by atoms with E-state index in [1.54, 1.807) is 0 Å². The van der Waals surface area contributed by atoms with E-state index in [1.165, 1.54) is 0 Å². The van der Waals surface area contributed by atoms with E-state index in [0.717, 1.165) is 5.69 Å². The fourth-order valence-electron chi connectivity index (χ4n) is 1.56. The molecule has 2 fully saturated rings. The first-order chi connectivity index (χ1) is 8.45. The Labute approximate surface area is 103 Å². The topological polar surface area (TPSA) is 40.2 Å². The van der Waals surface area contributed by atoms with Gasteiger partial charge in [0.1, 0.15) is 0 Å². The molecule has 0 N–H and O–H groups in total. The summed E-state index contributed by atoms with van der Waals surface area (Å²) in [7, 11) is -2.17. The maximum Gasteiger partial charge on any atom is 0.297 e. The molecule has 2 aliphatic rings. The van der Waals surface area contributed by atoms with E-state index in [9.17, 15) is 0 Å². The normalized spacial score (nSPS) is 22.1. The molecule has 1 aromatic carbocycles. The molecule has 0 spiro atoms. The van der Waals surface area contributed by atoms with Gasteiger partial charge in [0.2, 0.25) is 0 Å². The van der Waals surface area contributed by atoms with Crippen LogP contribution in [0.15, 0.2) is 30.3 Å². The summed E-state index contributed by atoms with van der Waals surface area (Å²) in [6, 6.07) is 9.98. The molecule has 0 aromatic heterocycles. The zero-order chi connectivity index (χ0) is 11.5. The van der Waals surface area contributed by atoms with Crippen molar-refractivity contribution >= 4 is 22.7 Å². The second-order valence-corrected chi connectivity index (χ2v) is 6.53. The highest BCUT2D eigenvalue weighted by Gasteiger charge is 2.37. The van der Waals surface area contributed by atoms with Crippen LogP contribution in [0, 0.1) is 0 Å². The summed E-state index contributed by atoms with van der Waals surface area (Å²) < 4.78 is 24.4. The minimum Gasteiger partial charge on any atom is -0.315 e. The quantitative estimate of drug-likeness (QED) is 0.791. The SMILES string of the molecule is c1ccc(N(P2OCCO2)P2OCCO2)cc1. The highest BCUT2D eigenvalue weighted by molar-refractivity contribution is 7.68. The lowest BCUT2D eigenvalue weighted by atomic mass is 10.3. The summed E-state index contributed by atoms with van der Waals surface area (Å²) in [6.45, 7) is 2.55. The molecule has 0 unspecified atom stereocenters. The van der Waals surface area contributed by atoms with E-state index >= 15 is 0 Å². The molecule has 1 aromatic rings. The molecular weight excluding hydrogens is 260 g/mol. The van der Waals surface area contributed by atoms with E-state index in [-0.39, 0.29) is 0 Å². The minimum atomic E-state index is -1.08. The van der Waals surface area contributed by atoms with Crippen LogP contribution in [-0.2, 0) is 18.1 Å². The molecule has 0 amide bonds. The average molecular weight is 273 g/mol. The largest absolute Gasteiger partial charge is 0.315 e. The van der Waals surface area contributed by atoms with Crippen molar-refractivity contribution < 1.29 is 18.1 Å². The highest BCUT2D eigenvalue weighted by atomic mass is 31.2. The molecule has 0 atom stereocenters. The average Bonchev–Trinajstić information content (AvgIpc) is 3.04. The van der Waals surface area contributed by atoms with Crippen LogP contribution in [0.2, 0.25) is 0 Å². The smallest absolute Gasteiger partial charge is 0.297 e. The van der Waals surface area contributed by atoms with Crippen LogP contribution in [0.4, 0.5) is 5.69 Å². The first-order valence-electron chi connectivity index (χ1n) is 5.42. The van der Waals surface area contributed by atoms with E-state index < -0.39 is 17.1 Å². The van der Waals surface area contributed by atoms with Gasteiger partial charge < -0.3 is 18.1 Å². The van der Waals surface area contributed by atoms with Gasteiger partial charge in [0, 0.05) is 0 Å². The third-order valence-electron chi connectivity index (χ3n) is 2.27. The Hall–Kier alpha value is -0.280. The number of rotatable bonds is 3. The summed E-state index contributed by atoms with van der Waals surface area (Å²) in [6.07, 6.45) is 0. The van der Waals surface area contributed by atoms with Gasteiger partial charge in [0.25, 0.3) is 17.1 Å². The summed E-state index contributed by atoms with van der Waals surface area (Å²) in [4.78, 5) is 0. The van der Waals surface area contributed by atoms with Crippen molar-refractivity contribution in [3.05, 3.63) is 30.3 Å². The van der Waals surface area contributed by atoms with E-state index in [1.807, 2.05) is 34.8 Å². The second kappa shape index (κ2) is 5.57. The lowest BCUT2D eigenvalue weighted by Gasteiger charge is -2.29. The molecule has 0 radical (unpaired) electrons. The van der Waals surface area contributed by atoms with Gasteiger partial charge in [-0.25, -0.2) is 4.44 Å². The predicted octanol–water partition coefficient (Wildman–Crippen LogP) is 3.04. The monoisotopic (exact) mass is 273 g/mol. The van der Waals surface area contributed by atoms with Crippen molar-refractivity contribution in [2.24, 2.45) is 0 Å². The van der Waals surface area contributed by atoms with Crippen LogP contribution in [-0.4, -0.2) is 26.4 Å². The minimum absolute atomic E-state index is 0.637. The molecule has 2 saturated heterocycles. The first-order valence-corrected chi connectivity index (χ1v) is 7.68. The zero-order valence-electron chi connectivity index (χ0n) is 9.19. The number of para-hydroxylation sites is 1. The summed E-state index contributed by atoms with van der Waals surface area (Å²) in [5.41, 5.74) is 1.02. The van der Waals surface area contributed by atoms with Crippen LogP contribution >= 0.6 is 17.1 Å². The Balaban J connectivity index is 1.84. The highest BCUT2D eigenvalue weighted by Crippen LogP contribution is 2.63. The Kier molecular flexibility index (Phi) is 3.87. The molecule has 0 saturated carbocycles. The Morgan fingerprint density at radius 2 is 1.24 bits per heavy atom. The molecule has 0 bridgehead atoms. The van der Waals surface area contributed by atoms with Crippen LogP contribution in [0.3, 0.4) is 0 Å². The molecule has 17 heavy (non-hydrogen) atoms. The van der Waals surface area contributed by atoms with Crippen molar-refractivity contribution in [2.45, 2.75) is 0 Å². The van der Waals surface area contributed by atoms with Crippen LogP contribution < -0.4 is 4.44 Å². The number of hydrogen-bond acceptors (Lipinski definition) is 5. The Morgan fingerprint density at radius 3 is 1.71 bits per heavy atom. The van der Waals surface area contributed by atoms with Gasteiger partial charge in [-0.15, -0.1) is 0 Å². The van der Waals surface area contributed by atoms with Gasteiger partial charge in [0.15, 0.2) is 0 Å². The molecule has 2 heterocycles. The van der Waals surface area contributed by atoms with Crippen LogP contribution in [0.1, 0.15) is 0 Å². The molecule has 0 aliphatic carbocycles. The standard InChI is InChI=1S/C10H13NO4P2/c1-2-4-10(5-3-1)11(16-12-6-7-13-16)17-14-8-9-15-17/h1-5H,6-9H2. The summed E-state index contributed by atoms with van der Waals surface area (Å²) in [5.74, 6) is 0. The Bertz CT molecular complexity index is 339. The first kappa shape index (κ1) is 11.8. The number of benzene rings is 1. The molecule has 2 aliphatic heterocycles. The fourth-order valence-corrected chi connectivity index (χ4v) is 4.81. The van der Waals surface area contributed by atoms with Crippen molar-refractivity contribution in [1.82, 2.24) is 0 Å². The van der Waals surface area contributed by atoms with Crippen LogP contribution in [0.25, 0.3) is 0 Å². The maximum absolute atomic E-state index is 5.61. The van der Waals surface area contributed by atoms with Gasteiger partial charge >= 0.3 is 0 Å². The third-order valence-corrected chi connectivity index (χ3v) is 5.84. The van der Waals surface area contributed by atoms with Crippen LogP contribution in [0.5, 0.6) is 0 Å². The number of hydrogen-bond donors (Lipinski definition) is 0. The molecule has 5 nitrogen and oxygen atoms in total. The fraction of sp³-hybridized carbons (Fsp3) is 0.400. The van der Waals surface area contributed by atoms with E-state index in [2.05, 4.69) is 0 Å². The second-order valence-electron chi connectivity index (χ2n) is 3.43. The van der Waals surface area contributed by atoms with Crippen molar-refractivity contribution in [1.29, 1.82) is 0 Å². The Morgan fingerprint density at radius 1 is 0.765 bits per heavy atom. The molecular formula is C10H13NO4P2. The van der Waals surface area contributed by atoms with Crippen molar-refractivity contribution in [2.75, 3.05) is 30.9 Å². The van der Waals surface area contributed by atoms with Gasteiger partial charge in [-0.1, -0.05) is 18.2 Å². The predicted molar refractivity (Wildman–Crippen MR) is 66.6 cm³/mol. The zero-order valence-corrected chi connectivity index (χ0v) is 11.0. The summed E-state index contributed by atoms with van der Waals surface area (Å²) >= 11 is 0. The van der Waals surface area contributed by atoms with Crippen molar-refractivity contribution in [3.8, 4) is 0 Å². The molecule has 92 valence electrons. The van der Waals surface area contributed by atoms with Gasteiger partial charge in [0.05, 0.1) is 32.1 Å². The molecule has 7 heteroatoms. The van der Waals surface area contributed by atoms with Crippen molar-refractivity contribution in [3.63, 3.8) is 0 Å². The molecule has 3 rings (SSSR count). The van der Waals surface area contributed by atoms with Gasteiger partial charge in [-0.2, -0.15) is 0 Å². The van der Waals surface area contributed by atoms with Gasteiger partial charge in [-0.05, 0) is 12.1 Å². The lowest BCUT2D eigenvalue weighted by molar-refractivity contribution is 0.365. The van der Waals surface area contributed by atoms with E-state index in [4.69, 9.17) is 18.1 Å². The number of anilines is 1. The summed E-state index contributed by atoms with van der Waals surface area (Å²) in [5, 5.41) is 0. The lowest BCUT2D eigenvalue weighted by Crippen LogP contribution is -2.10.